The van der Waals surface area contributed by atoms with Crippen LogP contribution in [0, 0.1) is 10.8 Å². The third kappa shape index (κ3) is 11.1. The molecule has 3 aromatic carbocycles. The number of rotatable bonds is 16. The summed E-state index contributed by atoms with van der Waals surface area (Å²) in [6.45, 7) is 12.1. The second-order valence-electron chi connectivity index (χ2n) is 18.4. The molecule has 0 radical (unpaired) electrons. The van der Waals surface area contributed by atoms with Gasteiger partial charge in [0.05, 0.1) is 35.4 Å². The van der Waals surface area contributed by atoms with Gasteiger partial charge in [-0.15, -0.1) is 0 Å². The first-order valence-electron chi connectivity index (χ1n) is 21.2. The summed E-state index contributed by atoms with van der Waals surface area (Å²) in [5.74, 6) is -0.192. The molecule has 5 amide bonds. The first kappa shape index (κ1) is 45.3. The Labute approximate surface area is 363 Å². The van der Waals surface area contributed by atoms with Crippen molar-refractivity contribution in [2.75, 3.05) is 13.1 Å². The summed E-state index contributed by atoms with van der Waals surface area (Å²) in [6.07, 6.45) is -0.213. The van der Waals surface area contributed by atoms with Gasteiger partial charge in [-0.2, -0.15) is 0 Å². The third-order valence-electron chi connectivity index (χ3n) is 11.5. The molecule has 14 heteroatoms. The normalized spacial score (nSPS) is 15.8. The average Bonchev–Trinajstić information content (AvgIpc) is 3.73. The quantitative estimate of drug-likeness (QED) is 0.0781. The number of nitrogens with one attached hydrogen (secondary N) is 3. The number of aliphatic hydroxyl groups is 1. The first-order valence-corrected chi connectivity index (χ1v) is 21.2. The second-order valence-corrected chi connectivity index (χ2v) is 18.4. The Morgan fingerprint density at radius 3 is 2.05 bits per heavy atom. The summed E-state index contributed by atoms with van der Waals surface area (Å²) in [4.78, 5) is 67.1. The van der Waals surface area contributed by atoms with Crippen LogP contribution >= 0.6 is 0 Å². The zero-order valence-electron chi connectivity index (χ0n) is 36.7. The summed E-state index contributed by atoms with van der Waals surface area (Å²) >= 11 is 0. The molecule has 0 aliphatic carbocycles. The zero-order chi connectivity index (χ0) is 44.8. The molecule has 0 unspecified atom stereocenters. The number of pyridine rings is 1. The van der Waals surface area contributed by atoms with Crippen molar-refractivity contribution in [2.45, 2.75) is 97.6 Å². The number of imidazole rings is 1. The van der Waals surface area contributed by atoms with Crippen molar-refractivity contribution in [2.24, 2.45) is 17.9 Å². The van der Waals surface area contributed by atoms with E-state index in [4.69, 9.17) is 4.98 Å². The summed E-state index contributed by atoms with van der Waals surface area (Å²) in [7, 11) is 1.93. The number of fused-ring (bicyclic) bond motifs is 1. The van der Waals surface area contributed by atoms with Gasteiger partial charge in [0.1, 0.15) is 17.9 Å². The van der Waals surface area contributed by atoms with Crippen molar-refractivity contribution < 1.29 is 29.4 Å². The molecule has 6 rings (SSSR count). The molecule has 62 heavy (non-hydrogen) atoms. The second kappa shape index (κ2) is 19.2. The van der Waals surface area contributed by atoms with E-state index in [1.807, 2.05) is 129 Å². The maximum Gasteiger partial charge on any atom is 0.405 e. The van der Waals surface area contributed by atoms with Crippen molar-refractivity contribution in [3.8, 4) is 11.3 Å². The average molecular weight is 845 g/mol. The molecule has 5 N–H and O–H groups in total. The number of aromatic nitrogens is 3. The summed E-state index contributed by atoms with van der Waals surface area (Å²) in [5, 5.41) is 30.4. The van der Waals surface area contributed by atoms with Crippen molar-refractivity contribution in [1.82, 2.24) is 40.3 Å². The third-order valence-corrected chi connectivity index (χ3v) is 11.5. The highest BCUT2D eigenvalue weighted by atomic mass is 16.4. The van der Waals surface area contributed by atoms with Crippen LogP contribution < -0.4 is 16.0 Å². The van der Waals surface area contributed by atoms with Gasteiger partial charge in [0.2, 0.25) is 11.8 Å². The number of aryl methyl sites for hydroxylation is 1. The van der Waals surface area contributed by atoms with E-state index in [0.717, 1.165) is 39.2 Å². The fraction of sp³-hybridized carbons (Fsp3) is 0.417. The van der Waals surface area contributed by atoms with Gasteiger partial charge >= 0.3 is 12.1 Å². The van der Waals surface area contributed by atoms with Crippen LogP contribution in [0.4, 0.5) is 9.59 Å². The van der Waals surface area contributed by atoms with E-state index in [9.17, 15) is 29.4 Å². The Hall–Kier alpha value is -6.28. The van der Waals surface area contributed by atoms with Gasteiger partial charge in [-0.1, -0.05) is 114 Å². The summed E-state index contributed by atoms with van der Waals surface area (Å²) in [5.41, 5.74) is 3.80. The van der Waals surface area contributed by atoms with Crippen LogP contribution in [-0.2, 0) is 36.0 Å². The Bertz CT molecular complexity index is 2320. The predicted molar refractivity (Wildman–Crippen MR) is 239 cm³/mol. The standard InChI is InChI=1S/C48H60N8O6/c1-47(2,3)41(53-45(60)61)43(58)52-37(28-32-20-22-33(23-21-32)35-17-13-14-24-49-35)39(57)29-34(27-31-15-9-8-10-16-31)50-44(59)42(48(4,5)6)56-26-25-55(46(56)62)30-40-51-36-18-11-12-19-38(36)54(40)7/h8-24,34,37,39,41-42,53,57H,25-30H2,1-7H3,(H,50,59)(H,52,58)(H,60,61)/t34-,37-,39-,41+,42+/m0/s1. The van der Waals surface area contributed by atoms with E-state index < -0.39 is 53.1 Å². The molecule has 2 aromatic heterocycles. The van der Waals surface area contributed by atoms with Crippen LogP contribution in [0.5, 0.6) is 0 Å². The molecule has 5 atom stereocenters. The molecular weight excluding hydrogens is 785 g/mol. The van der Waals surface area contributed by atoms with Crippen LogP contribution in [0.1, 0.15) is 64.9 Å². The lowest BCUT2D eigenvalue weighted by atomic mass is 9.84. The highest BCUT2D eigenvalue weighted by Gasteiger charge is 2.44. The summed E-state index contributed by atoms with van der Waals surface area (Å²) < 4.78 is 1.98. The van der Waals surface area contributed by atoms with Crippen LogP contribution in [0.25, 0.3) is 22.3 Å². The minimum absolute atomic E-state index is 0.0355. The number of carboxylic acid groups (broad SMARTS) is 1. The number of aliphatic hydroxyl groups excluding tert-OH is 1. The fourth-order valence-corrected chi connectivity index (χ4v) is 8.27. The highest BCUT2D eigenvalue weighted by molar-refractivity contribution is 5.89. The number of benzene rings is 3. The van der Waals surface area contributed by atoms with Crippen molar-refractivity contribution in [3.63, 3.8) is 0 Å². The number of para-hydroxylation sites is 2. The van der Waals surface area contributed by atoms with E-state index in [1.165, 1.54) is 0 Å². The van der Waals surface area contributed by atoms with Gasteiger partial charge in [-0.25, -0.2) is 14.6 Å². The molecule has 0 spiro atoms. The van der Waals surface area contributed by atoms with Crippen molar-refractivity contribution >= 4 is 35.0 Å². The molecule has 14 nitrogen and oxygen atoms in total. The Morgan fingerprint density at radius 2 is 1.42 bits per heavy atom. The van der Waals surface area contributed by atoms with E-state index >= 15 is 0 Å². The van der Waals surface area contributed by atoms with E-state index in [2.05, 4.69) is 20.9 Å². The molecule has 328 valence electrons. The zero-order valence-corrected chi connectivity index (χ0v) is 36.7. The van der Waals surface area contributed by atoms with Gasteiger partial charge in [0.25, 0.3) is 0 Å². The molecule has 0 saturated carbocycles. The lowest BCUT2D eigenvalue weighted by Gasteiger charge is -2.38. The Morgan fingerprint density at radius 1 is 0.758 bits per heavy atom. The molecule has 3 heterocycles. The molecule has 1 aliphatic heterocycles. The number of urea groups is 1. The topological polar surface area (TPSA) is 182 Å². The number of carbonyl (C=O) groups excluding carboxylic acids is 3. The van der Waals surface area contributed by atoms with Gasteiger partial charge in [0, 0.05) is 37.9 Å². The minimum atomic E-state index is -1.34. The van der Waals surface area contributed by atoms with Crippen LogP contribution in [0.2, 0.25) is 0 Å². The lowest BCUT2D eigenvalue weighted by Crippen LogP contribution is -2.59. The molecular formula is C48H60N8O6. The van der Waals surface area contributed by atoms with E-state index in [1.54, 1.807) is 36.8 Å². The molecule has 1 aliphatic rings. The maximum absolute atomic E-state index is 14.7. The van der Waals surface area contributed by atoms with E-state index in [0.29, 0.717) is 26.1 Å². The lowest BCUT2D eigenvalue weighted by molar-refractivity contribution is -0.130. The van der Waals surface area contributed by atoms with Crippen LogP contribution in [0.15, 0.2) is 103 Å². The largest absolute Gasteiger partial charge is 0.465 e. The first-order chi connectivity index (χ1) is 29.4. The Balaban J connectivity index is 1.25. The van der Waals surface area contributed by atoms with Gasteiger partial charge in [0.15, 0.2) is 0 Å². The monoisotopic (exact) mass is 844 g/mol. The summed E-state index contributed by atoms with van der Waals surface area (Å²) in [6, 6.07) is 27.0. The van der Waals surface area contributed by atoms with Gasteiger partial charge < -0.3 is 40.5 Å². The minimum Gasteiger partial charge on any atom is -0.465 e. The number of hydrogen-bond acceptors (Lipinski definition) is 7. The highest BCUT2D eigenvalue weighted by Crippen LogP contribution is 2.30. The number of nitrogens with zero attached hydrogens (tertiary/aromatic N) is 5. The van der Waals surface area contributed by atoms with Crippen molar-refractivity contribution in [3.05, 3.63) is 120 Å². The molecule has 0 bridgehead atoms. The van der Waals surface area contributed by atoms with Gasteiger partial charge in [-0.05, 0) is 65.5 Å². The number of hydrogen-bond donors (Lipinski definition) is 5. The smallest absolute Gasteiger partial charge is 0.405 e. The Kier molecular flexibility index (Phi) is 14.0. The maximum atomic E-state index is 14.7. The molecule has 1 fully saturated rings. The molecule has 1 saturated heterocycles. The number of carbonyl (C=O) groups is 4. The molecule has 5 aromatic rings. The number of amides is 5. The predicted octanol–water partition coefficient (Wildman–Crippen LogP) is 6.18. The fourth-order valence-electron chi connectivity index (χ4n) is 8.27. The van der Waals surface area contributed by atoms with Crippen molar-refractivity contribution in [1.29, 1.82) is 0 Å². The van der Waals surface area contributed by atoms with E-state index in [-0.39, 0.29) is 24.8 Å². The van der Waals surface area contributed by atoms with Gasteiger partial charge in [-0.3, -0.25) is 14.6 Å². The van der Waals surface area contributed by atoms with Crippen LogP contribution in [0.3, 0.4) is 0 Å². The van der Waals surface area contributed by atoms with Crippen LogP contribution in [-0.4, -0.2) is 102 Å². The SMILES string of the molecule is Cn1c(CN2CCN([C@H](C(=O)N[C@@H](Cc3ccccc3)C[C@H](O)[C@H](Cc3ccc(-c4ccccn4)cc3)NC(=O)[C@@H](NC(=O)O)C(C)(C)C)C(C)(C)C)C2=O)nc2ccccc21.